The number of Topliss-reactive ketones (excluding diaryl/α,β-unsaturated/α-hetero) is 1. The Kier molecular flexibility index (Phi) is 4.29. The van der Waals surface area contributed by atoms with Gasteiger partial charge in [0, 0.05) is 16.9 Å². The highest BCUT2D eigenvalue weighted by Gasteiger charge is 2.27. The van der Waals surface area contributed by atoms with Crippen molar-refractivity contribution in [2.45, 2.75) is 13.8 Å². The monoisotopic (exact) mass is 254 g/mol. The number of ether oxygens (including phenoxy) is 1. The van der Waals surface area contributed by atoms with Gasteiger partial charge in [-0.1, -0.05) is 26.0 Å². The largest absolute Gasteiger partial charge is 0.465 e. The van der Waals surface area contributed by atoms with Crippen molar-refractivity contribution >= 4 is 23.4 Å². The van der Waals surface area contributed by atoms with Crippen LogP contribution in [0, 0.1) is 5.41 Å². The summed E-state index contributed by atoms with van der Waals surface area (Å²) < 4.78 is 4.61. The summed E-state index contributed by atoms with van der Waals surface area (Å²) in [5, 5.41) is 0. The Morgan fingerprint density at radius 3 is 2.41 bits per heavy atom. The van der Waals surface area contributed by atoms with E-state index in [0.29, 0.717) is 11.1 Å². The SMILES string of the molecule is COC(=O)c1cccc(C(=O)C(C)(C)CCl)c1. The standard InChI is InChI=1S/C13H15ClO3/c1-13(2,8-14)11(15)9-5-4-6-10(7-9)12(16)17-3/h4-7H,8H2,1-3H3. The van der Waals surface area contributed by atoms with E-state index >= 15 is 0 Å². The van der Waals surface area contributed by atoms with E-state index in [1.165, 1.54) is 13.2 Å². The van der Waals surface area contributed by atoms with Crippen LogP contribution in [0.25, 0.3) is 0 Å². The van der Waals surface area contributed by atoms with Crippen LogP contribution in [0.3, 0.4) is 0 Å². The number of rotatable bonds is 4. The van der Waals surface area contributed by atoms with E-state index in [4.69, 9.17) is 11.6 Å². The van der Waals surface area contributed by atoms with E-state index in [1.807, 2.05) is 0 Å². The molecular formula is C13H15ClO3. The van der Waals surface area contributed by atoms with Gasteiger partial charge in [0.2, 0.25) is 0 Å². The number of hydrogen-bond acceptors (Lipinski definition) is 3. The molecule has 1 aromatic carbocycles. The second-order valence-electron chi connectivity index (χ2n) is 4.42. The molecule has 0 aliphatic rings. The van der Waals surface area contributed by atoms with Gasteiger partial charge in [-0.05, 0) is 12.1 Å². The molecule has 0 bridgehead atoms. The van der Waals surface area contributed by atoms with Gasteiger partial charge < -0.3 is 4.74 Å². The van der Waals surface area contributed by atoms with Crippen molar-refractivity contribution in [2.75, 3.05) is 13.0 Å². The highest BCUT2D eigenvalue weighted by atomic mass is 35.5. The van der Waals surface area contributed by atoms with E-state index in [9.17, 15) is 9.59 Å². The smallest absolute Gasteiger partial charge is 0.337 e. The average Bonchev–Trinajstić information content (AvgIpc) is 2.36. The zero-order valence-electron chi connectivity index (χ0n) is 10.1. The maximum atomic E-state index is 12.1. The molecule has 3 nitrogen and oxygen atoms in total. The molecule has 0 aromatic heterocycles. The van der Waals surface area contributed by atoms with Crippen molar-refractivity contribution in [3.63, 3.8) is 0 Å². The summed E-state index contributed by atoms with van der Waals surface area (Å²) in [6.07, 6.45) is 0. The van der Waals surface area contributed by atoms with Gasteiger partial charge in [-0.25, -0.2) is 4.79 Å². The number of alkyl halides is 1. The molecule has 4 heteroatoms. The van der Waals surface area contributed by atoms with E-state index < -0.39 is 11.4 Å². The second kappa shape index (κ2) is 5.32. The summed E-state index contributed by atoms with van der Waals surface area (Å²) in [4.78, 5) is 23.5. The van der Waals surface area contributed by atoms with Crippen LogP contribution in [0.1, 0.15) is 34.6 Å². The highest BCUT2D eigenvalue weighted by molar-refractivity contribution is 6.21. The minimum Gasteiger partial charge on any atom is -0.465 e. The van der Waals surface area contributed by atoms with Gasteiger partial charge in [0.1, 0.15) is 0 Å². The molecule has 0 heterocycles. The van der Waals surface area contributed by atoms with Gasteiger partial charge in [-0.2, -0.15) is 0 Å². The summed E-state index contributed by atoms with van der Waals surface area (Å²) in [5.74, 6) is -0.310. The van der Waals surface area contributed by atoms with E-state index in [1.54, 1.807) is 32.0 Å². The van der Waals surface area contributed by atoms with Crippen LogP contribution in [0.2, 0.25) is 0 Å². The third-order valence-electron chi connectivity index (χ3n) is 2.49. The molecule has 92 valence electrons. The normalized spacial score (nSPS) is 11.1. The fourth-order valence-corrected chi connectivity index (χ4v) is 1.48. The van der Waals surface area contributed by atoms with Crippen LogP contribution in [-0.2, 0) is 4.74 Å². The Labute approximate surface area is 106 Å². The number of hydrogen-bond donors (Lipinski definition) is 0. The quantitative estimate of drug-likeness (QED) is 0.471. The maximum Gasteiger partial charge on any atom is 0.337 e. The first-order chi connectivity index (χ1) is 7.92. The van der Waals surface area contributed by atoms with Gasteiger partial charge in [0.25, 0.3) is 0 Å². The topological polar surface area (TPSA) is 43.4 Å². The van der Waals surface area contributed by atoms with Crippen molar-refractivity contribution in [1.29, 1.82) is 0 Å². The molecule has 0 amide bonds. The Morgan fingerprint density at radius 2 is 1.88 bits per heavy atom. The third-order valence-corrected chi connectivity index (χ3v) is 3.16. The van der Waals surface area contributed by atoms with Crippen molar-refractivity contribution in [1.82, 2.24) is 0 Å². The first-order valence-corrected chi connectivity index (χ1v) is 5.75. The number of ketones is 1. The molecule has 1 rings (SSSR count). The Morgan fingerprint density at radius 1 is 1.29 bits per heavy atom. The molecule has 0 unspecified atom stereocenters. The predicted molar refractivity (Wildman–Crippen MR) is 66.6 cm³/mol. The van der Waals surface area contributed by atoms with Gasteiger partial charge >= 0.3 is 5.97 Å². The number of carbonyl (C=O) groups excluding carboxylic acids is 2. The highest BCUT2D eigenvalue weighted by Crippen LogP contribution is 2.24. The first kappa shape index (κ1) is 13.7. The summed E-state index contributed by atoms with van der Waals surface area (Å²) >= 11 is 5.76. The van der Waals surface area contributed by atoms with Crippen LogP contribution in [0.4, 0.5) is 0 Å². The van der Waals surface area contributed by atoms with Gasteiger partial charge in [0.05, 0.1) is 12.7 Å². The maximum absolute atomic E-state index is 12.1. The molecular weight excluding hydrogens is 240 g/mol. The lowest BCUT2D eigenvalue weighted by Gasteiger charge is -2.19. The van der Waals surface area contributed by atoms with Crippen LogP contribution in [-0.4, -0.2) is 24.7 Å². The van der Waals surface area contributed by atoms with Gasteiger partial charge in [-0.3, -0.25) is 4.79 Å². The van der Waals surface area contributed by atoms with Crippen LogP contribution >= 0.6 is 11.6 Å². The lowest BCUT2D eigenvalue weighted by Crippen LogP contribution is -2.26. The minimum atomic E-state index is -0.643. The molecule has 17 heavy (non-hydrogen) atoms. The number of carbonyl (C=O) groups is 2. The number of esters is 1. The molecule has 0 radical (unpaired) electrons. The fourth-order valence-electron chi connectivity index (χ4n) is 1.36. The second-order valence-corrected chi connectivity index (χ2v) is 4.69. The summed E-state index contributed by atoms with van der Waals surface area (Å²) in [5.41, 5.74) is 0.193. The molecule has 1 aromatic rings. The van der Waals surface area contributed by atoms with Crippen molar-refractivity contribution < 1.29 is 14.3 Å². The van der Waals surface area contributed by atoms with E-state index in [-0.39, 0.29) is 11.7 Å². The number of halogens is 1. The van der Waals surface area contributed by atoms with Crippen molar-refractivity contribution in [2.24, 2.45) is 5.41 Å². The fraction of sp³-hybridized carbons (Fsp3) is 0.385. The van der Waals surface area contributed by atoms with Gasteiger partial charge in [0.15, 0.2) is 5.78 Å². The summed E-state index contributed by atoms with van der Waals surface area (Å²) in [7, 11) is 1.31. The van der Waals surface area contributed by atoms with Gasteiger partial charge in [-0.15, -0.1) is 11.6 Å². The Hall–Kier alpha value is -1.35. The van der Waals surface area contributed by atoms with Crippen LogP contribution in [0.5, 0.6) is 0 Å². The van der Waals surface area contributed by atoms with E-state index in [2.05, 4.69) is 4.74 Å². The number of benzene rings is 1. The Bertz CT molecular complexity index is 438. The minimum absolute atomic E-state index is 0.0850. The molecule has 0 saturated heterocycles. The molecule has 0 saturated carbocycles. The third kappa shape index (κ3) is 3.07. The number of methoxy groups -OCH3 is 1. The molecule has 0 atom stereocenters. The van der Waals surface area contributed by atoms with Crippen LogP contribution < -0.4 is 0 Å². The predicted octanol–water partition coefficient (Wildman–Crippen LogP) is 2.92. The molecule has 0 fully saturated rings. The van der Waals surface area contributed by atoms with Crippen LogP contribution in [0.15, 0.2) is 24.3 Å². The molecule has 0 aliphatic heterocycles. The molecule has 0 N–H and O–H groups in total. The molecule has 0 spiro atoms. The molecule has 0 aliphatic carbocycles. The average molecular weight is 255 g/mol. The lowest BCUT2D eigenvalue weighted by molar-refractivity contribution is 0.0600. The van der Waals surface area contributed by atoms with E-state index in [0.717, 1.165) is 0 Å². The Balaban J connectivity index is 3.08. The summed E-state index contributed by atoms with van der Waals surface area (Å²) in [6.45, 7) is 3.54. The first-order valence-electron chi connectivity index (χ1n) is 5.21. The lowest BCUT2D eigenvalue weighted by atomic mass is 9.86. The van der Waals surface area contributed by atoms with Crippen molar-refractivity contribution in [3.05, 3.63) is 35.4 Å². The zero-order valence-corrected chi connectivity index (χ0v) is 10.9. The summed E-state index contributed by atoms with van der Waals surface area (Å²) in [6, 6.07) is 6.46. The zero-order chi connectivity index (χ0) is 13.1. The van der Waals surface area contributed by atoms with Crippen molar-refractivity contribution in [3.8, 4) is 0 Å².